The number of hydrogen-bond acceptors (Lipinski definition) is 4. The Hall–Kier alpha value is -1.48. The lowest BCUT2D eigenvalue weighted by molar-refractivity contribution is -0.116. The smallest absolute Gasteiger partial charge is 0.260 e. The number of hydrogen-bond donors (Lipinski definition) is 2. The first-order valence-corrected chi connectivity index (χ1v) is 8.03. The molecule has 1 aliphatic rings. The molecule has 0 aliphatic carbocycles. The normalized spacial score (nSPS) is 19.8. The third kappa shape index (κ3) is 3.41. The number of anilines is 1. The van der Waals surface area contributed by atoms with E-state index in [0.717, 1.165) is 3.77 Å². The quantitative estimate of drug-likeness (QED) is 0.593. The van der Waals surface area contributed by atoms with Gasteiger partial charge in [0.15, 0.2) is 9.26 Å². The summed E-state index contributed by atoms with van der Waals surface area (Å²) in [4.78, 5) is 12.4. The van der Waals surface area contributed by atoms with Gasteiger partial charge in [-0.25, -0.2) is 4.39 Å². The van der Waals surface area contributed by atoms with Crippen LogP contribution in [-0.4, -0.2) is 11.4 Å². The van der Waals surface area contributed by atoms with Crippen LogP contribution in [0.5, 0.6) is 0 Å². The number of rotatable bonds is 3. The van der Waals surface area contributed by atoms with Gasteiger partial charge >= 0.3 is 0 Å². The molecule has 1 aromatic carbocycles. The zero-order valence-electron chi connectivity index (χ0n) is 10.6. The molecular weight excluding hydrogens is 406 g/mol. The fourth-order valence-corrected chi connectivity index (χ4v) is 3.21. The highest BCUT2D eigenvalue weighted by molar-refractivity contribution is 14.1. The maximum atomic E-state index is 13.6. The van der Waals surface area contributed by atoms with Gasteiger partial charge in [0, 0.05) is 6.08 Å². The molecule has 3 rings (SSSR count). The first-order valence-electron chi connectivity index (χ1n) is 6.07. The standard InChI is InChI=1S/C14H10FIN2O2S/c15-9-3-1-2-4-10(9)17-14-18-13(19)11(21-14)7-8-5-6-12(16)20-8/h1-7,14,17H,(H,18,19)/b11-7-. The molecule has 0 bridgehead atoms. The van der Waals surface area contributed by atoms with Gasteiger partial charge in [-0.3, -0.25) is 4.79 Å². The van der Waals surface area contributed by atoms with Crippen LogP contribution in [0.25, 0.3) is 6.08 Å². The Bertz CT molecular complexity index is 717. The Morgan fingerprint density at radius 1 is 1.33 bits per heavy atom. The molecule has 1 atom stereocenters. The second kappa shape index (κ2) is 6.10. The Labute approximate surface area is 138 Å². The molecule has 0 spiro atoms. The zero-order chi connectivity index (χ0) is 14.8. The molecule has 0 saturated carbocycles. The van der Waals surface area contributed by atoms with Crippen molar-refractivity contribution in [3.63, 3.8) is 0 Å². The average Bonchev–Trinajstić information content (AvgIpc) is 3.00. The van der Waals surface area contributed by atoms with Crippen molar-refractivity contribution in [1.29, 1.82) is 0 Å². The third-order valence-corrected chi connectivity index (χ3v) is 4.37. The van der Waals surface area contributed by atoms with E-state index in [2.05, 4.69) is 33.2 Å². The van der Waals surface area contributed by atoms with Gasteiger partial charge in [0.2, 0.25) is 0 Å². The number of nitrogens with one attached hydrogen (secondary N) is 2. The van der Waals surface area contributed by atoms with Gasteiger partial charge in [-0.1, -0.05) is 23.9 Å². The molecule has 1 aliphatic heterocycles. The van der Waals surface area contributed by atoms with E-state index in [0.29, 0.717) is 16.4 Å². The topological polar surface area (TPSA) is 54.3 Å². The number of furan rings is 1. The van der Waals surface area contributed by atoms with E-state index in [1.54, 1.807) is 30.3 Å². The van der Waals surface area contributed by atoms with Crippen molar-refractivity contribution >= 4 is 52.0 Å². The van der Waals surface area contributed by atoms with E-state index in [4.69, 9.17) is 4.42 Å². The molecule has 21 heavy (non-hydrogen) atoms. The van der Waals surface area contributed by atoms with E-state index in [9.17, 15) is 9.18 Å². The molecule has 2 N–H and O–H groups in total. The number of para-hydroxylation sites is 1. The molecule has 0 radical (unpaired) electrons. The highest BCUT2D eigenvalue weighted by Gasteiger charge is 2.27. The van der Waals surface area contributed by atoms with Gasteiger partial charge in [0.1, 0.15) is 11.6 Å². The molecule has 1 amide bonds. The SMILES string of the molecule is O=C1NC(Nc2ccccc2F)S/C1=C\c1ccc(I)o1. The van der Waals surface area contributed by atoms with Crippen molar-refractivity contribution in [3.8, 4) is 0 Å². The van der Waals surface area contributed by atoms with E-state index >= 15 is 0 Å². The van der Waals surface area contributed by atoms with Crippen molar-refractivity contribution in [1.82, 2.24) is 5.32 Å². The van der Waals surface area contributed by atoms with Crippen molar-refractivity contribution in [2.45, 2.75) is 5.50 Å². The zero-order valence-corrected chi connectivity index (χ0v) is 13.6. The molecule has 1 unspecified atom stereocenters. The molecule has 1 aromatic heterocycles. The number of carbonyl (C=O) groups is 1. The first kappa shape index (κ1) is 14.5. The Morgan fingerprint density at radius 2 is 2.14 bits per heavy atom. The van der Waals surface area contributed by atoms with E-state index in [1.807, 2.05) is 6.07 Å². The van der Waals surface area contributed by atoms with E-state index < -0.39 is 5.50 Å². The van der Waals surface area contributed by atoms with Crippen molar-refractivity contribution < 1.29 is 13.6 Å². The summed E-state index contributed by atoms with van der Waals surface area (Å²) in [6.45, 7) is 0. The highest BCUT2D eigenvalue weighted by Crippen LogP contribution is 2.31. The molecule has 2 aromatic rings. The Balaban J connectivity index is 1.73. The van der Waals surface area contributed by atoms with E-state index in [-0.39, 0.29) is 11.7 Å². The van der Waals surface area contributed by atoms with Crippen LogP contribution in [-0.2, 0) is 4.79 Å². The van der Waals surface area contributed by atoms with Crippen molar-refractivity contribution in [2.24, 2.45) is 0 Å². The van der Waals surface area contributed by atoms with Crippen molar-refractivity contribution in [3.05, 3.63) is 56.6 Å². The van der Waals surface area contributed by atoms with Crippen LogP contribution < -0.4 is 10.6 Å². The minimum Gasteiger partial charge on any atom is -0.451 e. The summed E-state index contributed by atoms with van der Waals surface area (Å²) >= 11 is 3.34. The van der Waals surface area contributed by atoms with Crippen LogP contribution >= 0.6 is 34.4 Å². The second-order valence-electron chi connectivity index (χ2n) is 4.25. The van der Waals surface area contributed by atoms with Gasteiger partial charge in [0.25, 0.3) is 5.91 Å². The highest BCUT2D eigenvalue weighted by atomic mass is 127. The van der Waals surface area contributed by atoms with Gasteiger partial charge in [-0.2, -0.15) is 0 Å². The number of halogens is 2. The van der Waals surface area contributed by atoms with Gasteiger partial charge in [0.05, 0.1) is 10.6 Å². The van der Waals surface area contributed by atoms with Crippen LogP contribution in [0.2, 0.25) is 0 Å². The van der Waals surface area contributed by atoms with Gasteiger partial charge < -0.3 is 15.1 Å². The monoisotopic (exact) mass is 416 g/mol. The fraction of sp³-hybridized carbons (Fsp3) is 0.0714. The first-order chi connectivity index (χ1) is 10.1. The fourth-order valence-electron chi connectivity index (χ4n) is 1.82. The molecule has 2 heterocycles. The van der Waals surface area contributed by atoms with Crippen LogP contribution in [0.1, 0.15) is 5.76 Å². The number of thioether (sulfide) groups is 1. The lowest BCUT2D eigenvalue weighted by Crippen LogP contribution is -2.31. The van der Waals surface area contributed by atoms with Crippen LogP contribution in [0, 0.1) is 9.58 Å². The summed E-state index contributed by atoms with van der Waals surface area (Å²) in [5.74, 6) is 0.0502. The third-order valence-electron chi connectivity index (χ3n) is 2.76. The summed E-state index contributed by atoms with van der Waals surface area (Å²) in [6.07, 6.45) is 1.67. The summed E-state index contributed by atoms with van der Waals surface area (Å²) in [6, 6.07) is 9.95. The summed E-state index contributed by atoms with van der Waals surface area (Å²) in [7, 11) is 0. The molecule has 4 nitrogen and oxygen atoms in total. The van der Waals surface area contributed by atoms with E-state index in [1.165, 1.54) is 17.8 Å². The summed E-state index contributed by atoms with van der Waals surface area (Å²) < 4.78 is 19.7. The number of benzene rings is 1. The molecule has 1 saturated heterocycles. The van der Waals surface area contributed by atoms with Crippen molar-refractivity contribution in [2.75, 3.05) is 5.32 Å². The maximum absolute atomic E-state index is 13.6. The van der Waals surface area contributed by atoms with Gasteiger partial charge in [-0.15, -0.1) is 0 Å². The lowest BCUT2D eigenvalue weighted by Gasteiger charge is -2.12. The van der Waals surface area contributed by atoms with Crippen LogP contribution in [0.15, 0.2) is 45.7 Å². The minimum absolute atomic E-state index is 0.208. The van der Waals surface area contributed by atoms with Gasteiger partial charge in [-0.05, 0) is 46.9 Å². The largest absolute Gasteiger partial charge is 0.451 e. The lowest BCUT2D eigenvalue weighted by atomic mass is 10.3. The predicted octanol–water partition coefficient (Wildman–Crippen LogP) is 3.62. The second-order valence-corrected chi connectivity index (χ2v) is 6.46. The predicted molar refractivity (Wildman–Crippen MR) is 88.9 cm³/mol. The number of amides is 1. The molecular formula is C14H10FIN2O2S. The Morgan fingerprint density at radius 3 is 2.86 bits per heavy atom. The minimum atomic E-state index is -0.408. The van der Waals surface area contributed by atoms with Crippen LogP contribution in [0.4, 0.5) is 10.1 Å². The molecule has 108 valence electrons. The Kier molecular flexibility index (Phi) is 4.20. The molecule has 1 fully saturated rings. The number of carbonyl (C=O) groups excluding carboxylic acids is 1. The summed E-state index contributed by atoms with van der Waals surface area (Å²) in [5.41, 5.74) is -0.0567. The van der Waals surface area contributed by atoms with Crippen LogP contribution in [0.3, 0.4) is 0 Å². The molecule has 7 heteroatoms. The summed E-state index contributed by atoms with van der Waals surface area (Å²) in [5, 5.41) is 5.68. The average molecular weight is 416 g/mol. The maximum Gasteiger partial charge on any atom is 0.260 e.